The minimum Gasteiger partial charge on any atom is -0.461 e. The summed E-state index contributed by atoms with van der Waals surface area (Å²) in [6.45, 7) is 1.62. The standard InChI is InChI=1S/C14H15F2NO3S/c1-4-19-13(18)11(16)8-9-5-6-12(10(15)7-9)20-14(21)17(2)3/h5-8H,4H2,1-3H3. The highest BCUT2D eigenvalue weighted by Gasteiger charge is 2.12. The molecule has 0 saturated heterocycles. The molecule has 0 aliphatic rings. The number of thiocarbonyl (C=S) groups is 1. The quantitative estimate of drug-likeness (QED) is 0.485. The summed E-state index contributed by atoms with van der Waals surface area (Å²) in [5.74, 6) is -2.99. The van der Waals surface area contributed by atoms with Crippen LogP contribution in [0.5, 0.6) is 5.75 Å². The second-order valence-electron chi connectivity index (χ2n) is 4.17. The van der Waals surface area contributed by atoms with Crippen LogP contribution in [0.3, 0.4) is 0 Å². The van der Waals surface area contributed by atoms with E-state index in [1.54, 1.807) is 21.0 Å². The molecule has 4 nitrogen and oxygen atoms in total. The Morgan fingerprint density at radius 3 is 2.62 bits per heavy atom. The Morgan fingerprint density at radius 2 is 2.10 bits per heavy atom. The molecule has 0 atom stereocenters. The van der Waals surface area contributed by atoms with Crippen LogP contribution < -0.4 is 4.74 Å². The van der Waals surface area contributed by atoms with E-state index in [-0.39, 0.29) is 23.1 Å². The third-order valence-corrected chi connectivity index (χ3v) is 2.73. The minimum absolute atomic E-state index is 0.0587. The molecule has 0 radical (unpaired) electrons. The second kappa shape index (κ2) is 7.68. The van der Waals surface area contributed by atoms with Gasteiger partial charge in [0.15, 0.2) is 11.6 Å². The van der Waals surface area contributed by atoms with E-state index in [1.165, 1.54) is 17.0 Å². The Balaban J connectivity index is 2.90. The number of hydrogen-bond acceptors (Lipinski definition) is 4. The highest BCUT2D eigenvalue weighted by Crippen LogP contribution is 2.21. The van der Waals surface area contributed by atoms with E-state index in [0.717, 1.165) is 12.1 Å². The first-order valence-corrected chi connectivity index (χ1v) is 6.49. The summed E-state index contributed by atoms with van der Waals surface area (Å²) >= 11 is 4.89. The van der Waals surface area contributed by atoms with Crippen molar-refractivity contribution < 1.29 is 23.0 Å². The Bertz CT molecular complexity index is 573. The molecule has 0 bridgehead atoms. The van der Waals surface area contributed by atoms with Crippen molar-refractivity contribution in [3.05, 3.63) is 35.4 Å². The zero-order valence-electron chi connectivity index (χ0n) is 11.9. The Morgan fingerprint density at radius 1 is 1.43 bits per heavy atom. The van der Waals surface area contributed by atoms with E-state index in [0.29, 0.717) is 0 Å². The van der Waals surface area contributed by atoms with E-state index >= 15 is 0 Å². The lowest BCUT2D eigenvalue weighted by atomic mass is 10.2. The summed E-state index contributed by atoms with van der Waals surface area (Å²) < 4.78 is 36.8. The fourth-order valence-corrected chi connectivity index (χ4v) is 1.37. The minimum atomic E-state index is -1.10. The van der Waals surface area contributed by atoms with Crippen LogP contribution in [0.15, 0.2) is 24.0 Å². The molecule has 114 valence electrons. The molecule has 0 spiro atoms. The summed E-state index contributed by atoms with van der Waals surface area (Å²) in [5.41, 5.74) is 0.168. The van der Waals surface area contributed by atoms with Crippen LogP contribution >= 0.6 is 12.2 Å². The van der Waals surface area contributed by atoms with E-state index in [9.17, 15) is 13.6 Å². The van der Waals surface area contributed by atoms with Crippen molar-refractivity contribution in [1.29, 1.82) is 0 Å². The number of esters is 1. The van der Waals surface area contributed by atoms with Crippen molar-refractivity contribution in [2.75, 3.05) is 20.7 Å². The van der Waals surface area contributed by atoms with Gasteiger partial charge in [-0.3, -0.25) is 0 Å². The smallest absolute Gasteiger partial charge is 0.367 e. The summed E-state index contributed by atoms with van der Waals surface area (Å²) in [6, 6.07) is 3.73. The molecule has 1 aromatic rings. The van der Waals surface area contributed by atoms with Gasteiger partial charge in [-0.25, -0.2) is 9.18 Å². The maximum absolute atomic E-state index is 13.8. The fourth-order valence-electron chi connectivity index (χ4n) is 1.28. The average Bonchev–Trinajstić information content (AvgIpc) is 2.41. The Labute approximate surface area is 126 Å². The van der Waals surface area contributed by atoms with Gasteiger partial charge in [0.05, 0.1) is 6.61 Å². The van der Waals surface area contributed by atoms with Crippen LogP contribution in [0.4, 0.5) is 8.78 Å². The van der Waals surface area contributed by atoms with E-state index in [4.69, 9.17) is 17.0 Å². The van der Waals surface area contributed by atoms with Gasteiger partial charge in [0.25, 0.3) is 5.17 Å². The molecule has 1 aromatic carbocycles. The molecule has 0 aliphatic heterocycles. The molecular formula is C14H15F2NO3S. The Hall–Kier alpha value is -2.02. The van der Waals surface area contributed by atoms with Crippen molar-refractivity contribution >= 4 is 29.4 Å². The fraction of sp³-hybridized carbons (Fsp3) is 0.286. The molecule has 0 amide bonds. The van der Waals surface area contributed by atoms with Gasteiger partial charge in [0, 0.05) is 14.1 Å². The molecular weight excluding hydrogens is 300 g/mol. The normalized spacial score (nSPS) is 11.0. The van der Waals surface area contributed by atoms with E-state index in [1.807, 2.05) is 0 Å². The number of ether oxygens (including phenoxy) is 2. The summed E-state index contributed by atoms with van der Waals surface area (Å²) in [7, 11) is 3.32. The van der Waals surface area contributed by atoms with Crippen LogP contribution in [-0.4, -0.2) is 36.7 Å². The molecule has 0 unspecified atom stereocenters. The predicted octanol–water partition coefficient (Wildman–Crippen LogP) is 2.92. The van der Waals surface area contributed by atoms with Gasteiger partial charge < -0.3 is 14.4 Å². The highest BCUT2D eigenvalue weighted by atomic mass is 32.1. The van der Waals surface area contributed by atoms with Gasteiger partial charge in [-0.2, -0.15) is 4.39 Å². The molecule has 1 rings (SSSR count). The zero-order chi connectivity index (χ0) is 16.0. The lowest BCUT2D eigenvalue weighted by Gasteiger charge is -2.14. The number of halogens is 2. The molecule has 0 aromatic heterocycles. The van der Waals surface area contributed by atoms with Crippen molar-refractivity contribution in [1.82, 2.24) is 4.90 Å². The summed E-state index contributed by atoms with van der Waals surface area (Å²) in [6.07, 6.45) is 0.884. The molecule has 0 fully saturated rings. The van der Waals surface area contributed by atoms with Crippen molar-refractivity contribution in [3.8, 4) is 5.75 Å². The summed E-state index contributed by atoms with van der Waals surface area (Å²) in [5, 5.41) is 0.0925. The first-order valence-electron chi connectivity index (χ1n) is 6.08. The maximum atomic E-state index is 13.8. The van der Waals surface area contributed by atoms with Crippen molar-refractivity contribution in [2.45, 2.75) is 6.92 Å². The predicted molar refractivity (Wildman–Crippen MR) is 79.0 cm³/mol. The van der Waals surface area contributed by atoms with Gasteiger partial charge in [-0.15, -0.1) is 0 Å². The zero-order valence-corrected chi connectivity index (χ0v) is 12.7. The van der Waals surface area contributed by atoms with Gasteiger partial charge in [0.1, 0.15) is 0 Å². The Kier molecular flexibility index (Phi) is 6.23. The average molecular weight is 315 g/mol. The van der Waals surface area contributed by atoms with Crippen LogP contribution in [0.25, 0.3) is 6.08 Å². The molecule has 0 N–H and O–H groups in total. The SMILES string of the molecule is CCOC(=O)C(F)=Cc1ccc(OC(=S)N(C)C)c(F)c1. The molecule has 0 aliphatic carbocycles. The third-order valence-electron chi connectivity index (χ3n) is 2.28. The first-order chi connectivity index (χ1) is 9.85. The lowest BCUT2D eigenvalue weighted by Crippen LogP contribution is -2.25. The van der Waals surface area contributed by atoms with Gasteiger partial charge in [-0.05, 0) is 42.9 Å². The molecule has 7 heteroatoms. The van der Waals surface area contributed by atoms with Crippen molar-refractivity contribution in [3.63, 3.8) is 0 Å². The van der Waals surface area contributed by atoms with E-state index < -0.39 is 17.6 Å². The first kappa shape index (κ1) is 17.0. The number of benzene rings is 1. The number of rotatable bonds is 4. The summed E-state index contributed by atoms with van der Waals surface area (Å²) in [4.78, 5) is 12.6. The van der Waals surface area contributed by atoms with Crippen LogP contribution in [0.1, 0.15) is 12.5 Å². The number of carbonyl (C=O) groups excluding carboxylic acids is 1. The van der Waals surface area contributed by atoms with E-state index in [2.05, 4.69) is 4.74 Å². The topological polar surface area (TPSA) is 38.8 Å². The number of hydrogen-bond donors (Lipinski definition) is 0. The highest BCUT2D eigenvalue weighted by molar-refractivity contribution is 7.80. The number of nitrogens with zero attached hydrogens (tertiary/aromatic N) is 1. The maximum Gasteiger partial charge on any atom is 0.367 e. The second-order valence-corrected chi connectivity index (χ2v) is 4.51. The largest absolute Gasteiger partial charge is 0.461 e. The number of carbonyl (C=O) groups is 1. The van der Waals surface area contributed by atoms with Crippen molar-refractivity contribution in [2.24, 2.45) is 0 Å². The van der Waals surface area contributed by atoms with Crippen LogP contribution in [0, 0.1) is 5.82 Å². The van der Waals surface area contributed by atoms with Crippen LogP contribution in [-0.2, 0) is 9.53 Å². The van der Waals surface area contributed by atoms with Gasteiger partial charge in [-0.1, -0.05) is 6.07 Å². The van der Waals surface area contributed by atoms with Gasteiger partial charge in [0.2, 0.25) is 5.83 Å². The lowest BCUT2D eigenvalue weighted by molar-refractivity contribution is -0.140. The monoisotopic (exact) mass is 315 g/mol. The molecule has 0 heterocycles. The molecule has 0 saturated carbocycles. The van der Waals surface area contributed by atoms with Gasteiger partial charge >= 0.3 is 5.97 Å². The van der Waals surface area contributed by atoms with Crippen LogP contribution in [0.2, 0.25) is 0 Å². The molecule has 21 heavy (non-hydrogen) atoms. The third kappa shape index (κ3) is 5.11.